The minimum Gasteiger partial charge on any atom is -0.508 e. The Kier molecular flexibility index (Phi) is 11.1. The highest BCUT2D eigenvalue weighted by Crippen LogP contribution is 2.43. The standard InChI is InChI=1S/C38H41BrN4O4/c1-4-6-10-26(5-2)25-43-37(45)31(36(32(24-40)38(43)46)27-13-16-29(44)17-14-27)18-20-35-41(3)34-23-28(39)15-19-33(34)42(35)21-22-47-30-11-8-7-9-12-30/h7-9,11-20,23,26,37,44-45H,4-6,10,21-22,25H2,1-3H3/b31-18-,35-20+. The number of aromatic hydroxyl groups is 1. The van der Waals surface area contributed by atoms with E-state index < -0.39 is 12.1 Å². The Hall–Kier alpha value is -4.52. The Bertz CT molecular complexity index is 1710. The van der Waals surface area contributed by atoms with Gasteiger partial charge in [0.15, 0.2) is 6.23 Å². The third-order valence-electron chi connectivity index (χ3n) is 8.80. The number of hydrogen-bond acceptors (Lipinski definition) is 7. The maximum absolute atomic E-state index is 13.8. The SMILES string of the molecule is CCCCC(CC)CN1C(=O)C(C#N)=C(c2ccc(O)cc2)/C(=C/C=C2\N(C)c3cc(Br)ccc3N2CCOc2ccccc2)C1O. The smallest absolute Gasteiger partial charge is 0.267 e. The number of aliphatic hydroxyl groups is 1. The number of benzene rings is 3. The van der Waals surface area contributed by atoms with Crippen LogP contribution in [0, 0.1) is 17.2 Å². The average Bonchev–Trinajstić information content (AvgIpc) is 3.33. The van der Waals surface area contributed by atoms with Gasteiger partial charge in [-0.05, 0) is 66.4 Å². The first kappa shape index (κ1) is 33.8. The molecule has 3 aromatic carbocycles. The molecule has 2 N–H and O–H groups in total. The van der Waals surface area contributed by atoms with Crippen LogP contribution >= 0.6 is 15.9 Å². The van der Waals surface area contributed by atoms with Gasteiger partial charge in [-0.1, -0.05) is 85.4 Å². The summed E-state index contributed by atoms with van der Waals surface area (Å²) < 4.78 is 7.00. The van der Waals surface area contributed by atoms with E-state index in [0.717, 1.165) is 53.1 Å². The van der Waals surface area contributed by atoms with Crippen molar-refractivity contribution in [2.24, 2.45) is 5.92 Å². The molecule has 2 aliphatic heterocycles. The van der Waals surface area contributed by atoms with Gasteiger partial charge in [0.25, 0.3) is 5.91 Å². The monoisotopic (exact) mass is 696 g/mol. The number of carbonyl (C=O) groups excluding carboxylic acids is 1. The molecule has 2 atom stereocenters. The molecule has 2 unspecified atom stereocenters. The summed E-state index contributed by atoms with van der Waals surface area (Å²) in [4.78, 5) is 19.5. The van der Waals surface area contributed by atoms with Crippen molar-refractivity contribution in [1.82, 2.24) is 4.90 Å². The van der Waals surface area contributed by atoms with Crippen molar-refractivity contribution in [3.8, 4) is 17.6 Å². The minimum atomic E-state index is -1.27. The Morgan fingerprint density at radius 3 is 2.47 bits per heavy atom. The molecule has 0 fully saturated rings. The number of phenolic OH excluding ortho intramolecular Hbond substituents is 1. The number of carbonyl (C=O) groups is 1. The molecule has 0 spiro atoms. The van der Waals surface area contributed by atoms with E-state index in [2.05, 4.69) is 57.8 Å². The number of halogens is 1. The summed E-state index contributed by atoms with van der Waals surface area (Å²) in [7, 11) is 1.98. The molecule has 0 aliphatic carbocycles. The molecule has 0 saturated carbocycles. The van der Waals surface area contributed by atoms with Gasteiger partial charge >= 0.3 is 0 Å². The van der Waals surface area contributed by atoms with E-state index in [-0.39, 0.29) is 17.2 Å². The molecule has 8 nitrogen and oxygen atoms in total. The van der Waals surface area contributed by atoms with Gasteiger partial charge < -0.3 is 29.6 Å². The maximum Gasteiger partial charge on any atom is 0.267 e. The van der Waals surface area contributed by atoms with Crippen LogP contribution in [0.15, 0.2) is 106 Å². The molecule has 2 aliphatic rings. The van der Waals surface area contributed by atoms with E-state index >= 15 is 0 Å². The molecular formula is C38H41BrN4O4. The zero-order chi connectivity index (χ0) is 33.5. The molecule has 3 aromatic rings. The molecule has 5 rings (SSSR count). The van der Waals surface area contributed by atoms with Crippen LogP contribution in [0.5, 0.6) is 11.5 Å². The number of nitrogens with zero attached hydrogens (tertiary/aromatic N) is 4. The van der Waals surface area contributed by atoms with Gasteiger partial charge in [0.05, 0.1) is 17.9 Å². The number of anilines is 2. The third kappa shape index (κ3) is 7.40. The molecule has 0 bridgehead atoms. The Morgan fingerprint density at radius 1 is 1.04 bits per heavy atom. The lowest BCUT2D eigenvalue weighted by molar-refractivity contribution is -0.136. The van der Waals surface area contributed by atoms with Crippen LogP contribution in [0.25, 0.3) is 5.57 Å². The highest BCUT2D eigenvalue weighted by Gasteiger charge is 2.38. The first-order valence-corrected chi connectivity index (χ1v) is 16.9. The first-order valence-electron chi connectivity index (χ1n) is 16.1. The van der Waals surface area contributed by atoms with Gasteiger partial charge in [0.1, 0.15) is 35.6 Å². The molecule has 244 valence electrons. The number of fused-ring (bicyclic) bond motifs is 1. The topological polar surface area (TPSA) is 100 Å². The molecule has 2 heterocycles. The highest BCUT2D eigenvalue weighted by atomic mass is 79.9. The number of phenols is 1. The van der Waals surface area contributed by atoms with Gasteiger partial charge in [-0.3, -0.25) is 4.79 Å². The molecule has 0 saturated heterocycles. The van der Waals surface area contributed by atoms with Crippen LogP contribution in [-0.2, 0) is 4.79 Å². The van der Waals surface area contributed by atoms with Crippen molar-refractivity contribution in [2.45, 2.75) is 45.8 Å². The molecule has 9 heteroatoms. The van der Waals surface area contributed by atoms with Crippen molar-refractivity contribution in [3.05, 3.63) is 112 Å². The fraction of sp³-hybridized carbons (Fsp3) is 0.316. The fourth-order valence-electron chi connectivity index (χ4n) is 6.19. The van der Waals surface area contributed by atoms with E-state index in [1.165, 1.54) is 17.0 Å². The molecule has 0 aromatic heterocycles. The van der Waals surface area contributed by atoms with Crippen LogP contribution in [-0.4, -0.2) is 54.0 Å². The van der Waals surface area contributed by atoms with Crippen molar-refractivity contribution >= 4 is 38.8 Å². The zero-order valence-corrected chi connectivity index (χ0v) is 28.7. The largest absolute Gasteiger partial charge is 0.508 e. The summed E-state index contributed by atoms with van der Waals surface area (Å²) in [5, 5.41) is 32.2. The van der Waals surface area contributed by atoms with E-state index in [9.17, 15) is 20.3 Å². The van der Waals surface area contributed by atoms with E-state index in [1.807, 2.05) is 55.6 Å². The number of hydrogen-bond donors (Lipinski definition) is 2. The number of rotatable bonds is 12. The number of nitriles is 1. The normalized spacial score (nSPS) is 18.6. The summed E-state index contributed by atoms with van der Waals surface area (Å²) in [5.41, 5.74) is 3.34. The number of para-hydroxylation sites is 1. The molecule has 1 amide bonds. The van der Waals surface area contributed by atoms with Crippen LogP contribution in [0.4, 0.5) is 11.4 Å². The lowest BCUT2D eigenvalue weighted by atomic mass is 9.86. The lowest BCUT2D eigenvalue weighted by Gasteiger charge is -2.37. The molecule has 47 heavy (non-hydrogen) atoms. The number of amides is 1. The average molecular weight is 698 g/mol. The van der Waals surface area contributed by atoms with Crippen molar-refractivity contribution in [2.75, 3.05) is 36.5 Å². The van der Waals surface area contributed by atoms with Crippen LogP contribution in [0.3, 0.4) is 0 Å². The number of unbranched alkanes of at least 4 members (excludes halogenated alkanes) is 1. The summed E-state index contributed by atoms with van der Waals surface area (Å²) in [6.07, 6.45) is 6.32. The van der Waals surface area contributed by atoms with E-state index in [4.69, 9.17) is 4.74 Å². The number of aliphatic hydroxyl groups excluding tert-OH is 1. The second kappa shape index (κ2) is 15.4. The third-order valence-corrected chi connectivity index (χ3v) is 9.29. The Balaban J connectivity index is 1.58. The fourth-order valence-corrected chi connectivity index (χ4v) is 6.54. The van der Waals surface area contributed by atoms with Crippen molar-refractivity contribution in [3.63, 3.8) is 0 Å². The summed E-state index contributed by atoms with van der Waals surface area (Å²) >= 11 is 3.61. The summed E-state index contributed by atoms with van der Waals surface area (Å²) in [6.45, 7) is 5.56. The van der Waals surface area contributed by atoms with Crippen LogP contribution < -0.4 is 14.5 Å². The highest BCUT2D eigenvalue weighted by molar-refractivity contribution is 9.10. The lowest BCUT2D eigenvalue weighted by Crippen LogP contribution is -2.48. The Labute approximate surface area is 285 Å². The van der Waals surface area contributed by atoms with E-state index in [0.29, 0.717) is 36.4 Å². The predicted octanol–water partition coefficient (Wildman–Crippen LogP) is 7.61. The van der Waals surface area contributed by atoms with Gasteiger partial charge in [-0.2, -0.15) is 5.26 Å². The maximum atomic E-state index is 13.8. The second-order valence-corrected chi connectivity index (χ2v) is 12.7. The van der Waals surface area contributed by atoms with Gasteiger partial charge in [-0.25, -0.2) is 0 Å². The quantitative estimate of drug-likeness (QED) is 0.201. The Morgan fingerprint density at radius 2 is 1.79 bits per heavy atom. The summed E-state index contributed by atoms with van der Waals surface area (Å²) in [6, 6.07) is 24.3. The van der Waals surface area contributed by atoms with Crippen molar-refractivity contribution < 1.29 is 19.7 Å². The van der Waals surface area contributed by atoms with Gasteiger partial charge in [-0.15, -0.1) is 0 Å². The predicted molar refractivity (Wildman–Crippen MR) is 190 cm³/mol. The summed E-state index contributed by atoms with van der Waals surface area (Å²) in [5.74, 6) is 1.40. The number of ether oxygens (including phenoxy) is 1. The van der Waals surface area contributed by atoms with Crippen molar-refractivity contribution in [1.29, 1.82) is 5.26 Å². The van der Waals surface area contributed by atoms with Gasteiger partial charge in [0.2, 0.25) is 0 Å². The number of allylic oxidation sites excluding steroid dienone is 2. The molecular weight excluding hydrogens is 656 g/mol. The minimum absolute atomic E-state index is 0.0314. The van der Waals surface area contributed by atoms with Crippen LogP contribution in [0.1, 0.15) is 45.1 Å². The zero-order valence-electron chi connectivity index (χ0n) is 27.1. The van der Waals surface area contributed by atoms with Crippen LogP contribution in [0.2, 0.25) is 0 Å². The first-order chi connectivity index (χ1) is 22.8. The van der Waals surface area contributed by atoms with Gasteiger partial charge in [0, 0.05) is 29.2 Å². The molecule has 0 radical (unpaired) electrons. The van der Waals surface area contributed by atoms with E-state index in [1.54, 1.807) is 12.1 Å². The second-order valence-electron chi connectivity index (χ2n) is 11.8.